The summed E-state index contributed by atoms with van der Waals surface area (Å²) in [4.78, 5) is 11.0. The zero-order valence-corrected chi connectivity index (χ0v) is 11.7. The second-order valence-corrected chi connectivity index (χ2v) is 4.62. The number of nitrogens with two attached hydrogens (primary N) is 1. The fourth-order valence-electron chi connectivity index (χ4n) is 2.05. The van der Waals surface area contributed by atoms with Crippen molar-refractivity contribution in [2.75, 3.05) is 12.4 Å². The van der Waals surface area contributed by atoms with E-state index in [1.54, 1.807) is 12.1 Å². The Hall–Kier alpha value is -2.56. The third-order valence-corrected chi connectivity index (χ3v) is 3.08. The first-order valence-electron chi connectivity index (χ1n) is 6.52. The molecule has 0 spiro atoms. The van der Waals surface area contributed by atoms with Crippen LogP contribution in [0.2, 0.25) is 0 Å². The Labute approximate surface area is 122 Å². The molecule has 0 fully saturated rings. The van der Waals surface area contributed by atoms with Gasteiger partial charge in [0.2, 0.25) is 5.91 Å². The van der Waals surface area contributed by atoms with Crippen molar-refractivity contribution in [3.05, 3.63) is 59.4 Å². The quantitative estimate of drug-likeness (QED) is 0.858. The minimum absolute atomic E-state index is 0.167. The highest BCUT2D eigenvalue weighted by atomic mass is 19.1. The third kappa shape index (κ3) is 3.95. The average Bonchev–Trinajstić information content (AvgIpc) is 2.46. The Morgan fingerprint density at radius 1 is 1.29 bits per heavy atom. The van der Waals surface area contributed by atoms with Gasteiger partial charge >= 0.3 is 0 Å². The SMILES string of the molecule is COc1ccc(CNc2ccccc2CC(N)=O)cc1F. The van der Waals surface area contributed by atoms with Gasteiger partial charge in [-0.25, -0.2) is 4.39 Å². The van der Waals surface area contributed by atoms with Crippen LogP contribution in [0.1, 0.15) is 11.1 Å². The first-order chi connectivity index (χ1) is 10.1. The highest BCUT2D eigenvalue weighted by Crippen LogP contribution is 2.20. The molecule has 5 heteroatoms. The lowest BCUT2D eigenvalue weighted by Gasteiger charge is -2.11. The normalized spacial score (nSPS) is 10.2. The summed E-state index contributed by atoms with van der Waals surface area (Å²) >= 11 is 0. The Balaban J connectivity index is 2.09. The van der Waals surface area contributed by atoms with Crippen molar-refractivity contribution in [3.63, 3.8) is 0 Å². The van der Waals surface area contributed by atoms with E-state index < -0.39 is 5.82 Å². The molecular weight excluding hydrogens is 271 g/mol. The van der Waals surface area contributed by atoms with Crippen LogP contribution in [-0.2, 0) is 17.8 Å². The molecule has 0 aliphatic heterocycles. The number of primary amides is 1. The van der Waals surface area contributed by atoms with E-state index in [0.29, 0.717) is 6.54 Å². The predicted octanol–water partition coefficient (Wildman–Crippen LogP) is 2.47. The number of para-hydroxylation sites is 1. The van der Waals surface area contributed by atoms with Gasteiger partial charge < -0.3 is 15.8 Å². The molecule has 0 heterocycles. The second-order valence-electron chi connectivity index (χ2n) is 4.62. The molecule has 0 saturated carbocycles. The largest absolute Gasteiger partial charge is 0.494 e. The highest BCUT2D eigenvalue weighted by Gasteiger charge is 2.06. The van der Waals surface area contributed by atoms with Crippen molar-refractivity contribution in [3.8, 4) is 5.75 Å². The summed E-state index contributed by atoms with van der Waals surface area (Å²) in [6, 6.07) is 12.2. The van der Waals surface area contributed by atoms with E-state index in [-0.39, 0.29) is 18.1 Å². The molecule has 2 aromatic rings. The predicted molar refractivity (Wildman–Crippen MR) is 79.6 cm³/mol. The first kappa shape index (κ1) is 14.8. The summed E-state index contributed by atoms with van der Waals surface area (Å²) in [5, 5.41) is 3.18. The Morgan fingerprint density at radius 2 is 2.05 bits per heavy atom. The summed E-state index contributed by atoms with van der Waals surface area (Å²) in [5.41, 5.74) is 7.63. The summed E-state index contributed by atoms with van der Waals surface area (Å²) in [7, 11) is 1.43. The Kier molecular flexibility index (Phi) is 4.77. The van der Waals surface area contributed by atoms with Crippen LogP contribution in [-0.4, -0.2) is 13.0 Å². The molecule has 3 N–H and O–H groups in total. The zero-order chi connectivity index (χ0) is 15.2. The smallest absolute Gasteiger partial charge is 0.221 e. The summed E-state index contributed by atoms with van der Waals surface area (Å²) < 4.78 is 18.5. The van der Waals surface area contributed by atoms with Crippen molar-refractivity contribution >= 4 is 11.6 Å². The fourth-order valence-corrected chi connectivity index (χ4v) is 2.05. The number of carbonyl (C=O) groups excluding carboxylic acids is 1. The van der Waals surface area contributed by atoms with Crippen LogP contribution < -0.4 is 15.8 Å². The van der Waals surface area contributed by atoms with E-state index in [1.165, 1.54) is 13.2 Å². The number of ether oxygens (including phenoxy) is 1. The number of benzene rings is 2. The van der Waals surface area contributed by atoms with E-state index in [0.717, 1.165) is 16.8 Å². The van der Waals surface area contributed by atoms with E-state index in [9.17, 15) is 9.18 Å². The summed E-state index contributed by atoms with van der Waals surface area (Å²) in [5.74, 6) is -0.574. The van der Waals surface area contributed by atoms with Crippen LogP contribution in [0, 0.1) is 5.82 Å². The van der Waals surface area contributed by atoms with Crippen LogP contribution in [0.25, 0.3) is 0 Å². The number of hydrogen-bond donors (Lipinski definition) is 2. The maximum absolute atomic E-state index is 13.6. The van der Waals surface area contributed by atoms with Gasteiger partial charge in [0.05, 0.1) is 13.5 Å². The van der Waals surface area contributed by atoms with Crippen LogP contribution in [0.15, 0.2) is 42.5 Å². The molecule has 0 atom stereocenters. The molecule has 0 aromatic heterocycles. The molecule has 21 heavy (non-hydrogen) atoms. The number of nitrogens with one attached hydrogen (secondary N) is 1. The molecule has 0 aliphatic carbocycles. The van der Waals surface area contributed by atoms with Gasteiger partial charge in [-0.3, -0.25) is 4.79 Å². The van der Waals surface area contributed by atoms with E-state index in [2.05, 4.69) is 5.32 Å². The van der Waals surface area contributed by atoms with Gasteiger partial charge in [0.1, 0.15) is 0 Å². The summed E-state index contributed by atoms with van der Waals surface area (Å²) in [6.07, 6.45) is 0.167. The van der Waals surface area contributed by atoms with Crippen LogP contribution in [0.3, 0.4) is 0 Å². The number of anilines is 1. The Morgan fingerprint density at radius 3 is 2.71 bits per heavy atom. The molecule has 0 unspecified atom stereocenters. The zero-order valence-electron chi connectivity index (χ0n) is 11.7. The number of hydrogen-bond acceptors (Lipinski definition) is 3. The lowest BCUT2D eigenvalue weighted by atomic mass is 10.1. The average molecular weight is 288 g/mol. The fraction of sp³-hybridized carbons (Fsp3) is 0.188. The molecule has 4 nitrogen and oxygen atoms in total. The summed E-state index contributed by atoms with van der Waals surface area (Å²) in [6.45, 7) is 0.441. The number of methoxy groups -OCH3 is 1. The van der Waals surface area contributed by atoms with Crippen LogP contribution in [0.4, 0.5) is 10.1 Å². The second kappa shape index (κ2) is 6.74. The molecule has 0 saturated heterocycles. The van der Waals surface area contributed by atoms with Crippen molar-refractivity contribution in [2.45, 2.75) is 13.0 Å². The minimum atomic E-state index is -0.401. The Bertz CT molecular complexity index is 644. The van der Waals surface area contributed by atoms with Gasteiger partial charge in [0, 0.05) is 12.2 Å². The minimum Gasteiger partial charge on any atom is -0.494 e. The first-order valence-corrected chi connectivity index (χ1v) is 6.52. The lowest BCUT2D eigenvalue weighted by Crippen LogP contribution is -2.15. The number of halogens is 1. The molecule has 0 aliphatic rings. The molecular formula is C16H17FN2O2. The molecule has 2 aromatic carbocycles. The number of rotatable bonds is 6. The van der Waals surface area contributed by atoms with Gasteiger partial charge in [-0.05, 0) is 29.3 Å². The molecule has 1 amide bonds. The van der Waals surface area contributed by atoms with Gasteiger partial charge in [-0.15, -0.1) is 0 Å². The van der Waals surface area contributed by atoms with Crippen molar-refractivity contribution in [1.82, 2.24) is 0 Å². The standard InChI is InChI=1S/C16H17FN2O2/c1-21-15-7-6-11(8-13(15)17)10-19-14-5-3-2-4-12(14)9-16(18)20/h2-8,19H,9-10H2,1H3,(H2,18,20). The number of amides is 1. The third-order valence-electron chi connectivity index (χ3n) is 3.08. The number of carbonyl (C=O) groups is 1. The van der Waals surface area contributed by atoms with E-state index in [4.69, 9.17) is 10.5 Å². The molecule has 110 valence electrons. The maximum atomic E-state index is 13.6. The van der Waals surface area contributed by atoms with Gasteiger partial charge in [-0.1, -0.05) is 24.3 Å². The van der Waals surface area contributed by atoms with Crippen molar-refractivity contribution in [2.24, 2.45) is 5.73 Å². The molecule has 0 radical (unpaired) electrons. The lowest BCUT2D eigenvalue weighted by molar-refractivity contribution is -0.117. The van der Waals surface area contributed by atoms with Gasteiger partial charge in [0.25, 0.3) is 0 Å². The maximum Gasteiger partial charge on any atom is 0.221 e. The molecule has 2 rings (SSSR count). The topological polar surface area (TPSA) is 64.3 Å². The van der Waals surface area contributed by atoms with Crippen molar-refractivity contribution < 1.29 is 13.9 Å². The van der Waals surface area contributed by atoms with Crippen molar-refractivity contribution in [1.29, 1.82) is 0 Å². The van der Waals surface area contributed by atoms with Gasteiger partial charge in [0.15, 0.2) is 11.6 Å². The monoisotopic (exact) mass is 288 g/mol. The highest BCUT2D eigenvalue weighted by molar-refractivity contribution is 5.78. The van der Waals surface area contributed by atoms with Crippen LogP contribution >= 0.6 is 0 Å². The van der Waals surface area contributed by atoms with Gasteiger partial charge in [-0.2, -0.15) is 0 Å². The van der Waals surface area contributed by atoms with E-state index in [1.807, 2.05) is 24.3 Å². The van der Waals surface area contributed by atoms with E-state index >= 15 is 0 Å². The van der Waals surface area contributed by atoms with Crippen LogP contribution in [0.5, 0.6) is 5.75 Å². The molecule has 0 bridgehead atoms.